The van der Waals surface area contributed by atoms with Crippen molar-refractivity contribution in [1.82, 2.24) is 5.32 Å². The Morgan fingerprint density at radius 1 is 1.24 bits per heavy atom. The molecule has 1 amide bonds. The van der Waals surface area contributed by atoms with Crippen LogP contribution in [0.2, 0.25) is 0 Å². The Kier molecular flexibility index (Phi) is 4.59. The van der Waals surface area contributed by atoms with Gasteiger partial charge in [0.05, 0.1) is 0 Å². The first-order valence-corrected chi connectivity index (χ1v) is 8.39. The van der Waals surface area contributed by atoms with E-state index in [1.807, 2.05) is 11.0 Å². The van der Waals surface area contributed by atoms with Crippen molar-refractivity contribution in [3.05, 3.63) is 29.8 Å². The molecule has 0 aromatic heterocycles. The number of para-hydroxylation sites is 1. The molecule has 1 aromatic rings. The minimum absolute atomic E-state index is 0.235. The van der Waals surface area contributed by atoms with Gasteiger partial charge in [0.15, 0.2) is 0 Å². The summed E-state index contributed by atoms with van der Waals surface area (Å²) in [5.41, 5.74) is 2.36. The van der Waals surface area contributed by atoms with Gasteiger partial charge in [-0.15, -0.1) is 0 Å². The highest BCUT2D eigenvalue weighted by molar-refractivity contribution is 5.96. The lowest BCUT2D eigenvalue weighted by atomic mass is 9.80. The highest BCUT2D eigenvalue weighted by Crippen LogP contribution is 2.33. The van der Waals surface area contributed by atoms with E-state index in [0.29, 0.717) is 5.91 Å². The van der Waals surface area contributed by atoms with E-state index in [-0.39, 0.29) is 5.92 Å². The average molecular weight is 286 g/mol. The molecule has 114 valence electrons. The number of nitrogens with one attached hydrogen (secondary N) is 1. The van der Waals surface area contributed by atoms with Crippen LogP contribution in [0.3, 0.4) is 0 Å². The Bertz CT molecular complexity index is 492. The molecule has 1 aliphatic carbocycles. The Morgan fingerprint density at radius 2 is 2.00 bits per heavy atom. The van der Waals surface area contributed by atoms with Crippen LogP contribution in [-0.4, -0.2) is 19.0 Å². The fourth-order valence-corrected chi connectivity index (χ4v) is 3.72. The fraction of sp³-hybridized carbons (Fsp3) is 0.611. The first kappa shape index (κ1) is 14.6. The number of rotatable bonds is 2. The number of hydrogen-bond acceptors (Lipinski definition) is 2. The zero-order chi connectivity index (χ0) is 14.7. The molecule has 3 rings (SSSR count). The number of carbonyl (C=O) groups excluding carboxylic acids is 1. The van der Waals surface area contributed by atoms with Gasteiger partial charge in [-0.2, -0.15) is 0 Å². The Labute approximate surface area is 127 Å². The van der Waals surface area contributed by atoms with Gasteiger partial charge in [-0.3, -0.25) is 4.79 Å². The van der Waals surface area contributed by atoms with Crippen LogP contribution in [-0.2, 0) is 11.3 Å². The normalized spacial score (nSPS) is 26.0. The molecule has 1 heterocycles. The Morgan fingerprint density at radius 3 is 2.76 bits per heavy atom. The predicted octanol–water partition coefficient (Wildman–Crippen LogP) is 3.34. The molecule has 3 nitrogen and oxygen atoms in total. The quantitative estimate of drug-likeness (QED) is 0.904. The molecular formula is C18H26N2O. The van der Waals surface area contributed by atoms with E-state index in [4.69, 9.17) is 0 Å². The maximum absolute atomic E-state index is 13.0. The minimum Gasteiger partial charge on any atom is -0.311 e. The third-order valence-electron chi connectivity index (χ3n) is 5.15. The average Bonchev–Trinajstić information content (AvgIpc) is 2.77. The molecule has 0 atom stereocenters. The summed E-state index contributed by atoms with van der Waals surface area (Å²) in [5.74, 6) is 1.42. The van der Waals surface area contributed by atoms with E-state index in [0.717, 1.165) is 44.1 Å². The SMILES string of the molecule is CCC1CCC(C(=O)N2CCNCc3ccccc32)CC1. The first-order valence-electron chi connectivity index (χ1n) is 8.39. The molecule has 21 heavy (non-hydrogen) atoms. The number of amides is 1. The minimum atomic E-state index is 0.235. The summed E-state index contributed by atoms with van der Waals surface area (Å²) >= 11 is 0. The van der Waals surface area contributed by atoms with Crippen LogP contribution >= 0.6 is 0 Å². The monoisotopic (exact) mass is 286 g/mol. The second-order valence-corrected chi connectivity index (χ2v) is 6.42. The summed E-state index contributed by atoms with van der Waals surface area (Å²) in [7, 11) is 0. The van der Waals surface area contributed by atoms with Gasteiger partial charge in [-0.25, -0.2) is 0 Å². The second kappa shape index (κ2) is 6.61. The summed E-state index contributed by atoms with van der Waals surface area (Å²) in [6, 6.07) is 8.32. The highest BCUT2D eigenvalue weighted by atomic mass is 16.2. The molecule has 0 saturated heterocycles. The smallest absolute Gasteiger partial charge is 0.230 e. The van der Waals surface area contributed by atoms with Crippen LogP contribution in [0.5, 0.6) is 0 Å². The Balaban J connectivity index is 1.75. The lowest BCUT2D eigenvalue weighted by Crippen LogP contribution is -2.40. The molecule has 1 saturated carbocycles. The van der Waals surface area contributed by atoms with E-state index in [1.165, 1.54) is 24.8 Å². The number of nitrogens with zero attached hydrogens (tertiary/aromatic N) is 1. The Hall–Kier alpha value is -1.35. The number of benzene rings is 1. The summed E-state index contributed by atoms with van der Waals surface area (Å²) in [6.07, 6.45) is 5.85. The standard InChI is InChI=1S/C18H26N2O/c1-2-14-7-9-15(10-8-14)18(21)20-12-11-19-13-16-5-3-4-6-17(16)20/h3-6,14-15,19H,2,7-13H2,1H3. The van der Waals surface area contributed by atoms with Gasteiger partial charge in [-0.05, 0) is 43.2 Å². The molecule has 1 fully saturated rings. The van der Waals surface area contributed by atoms with Crippen molar-refractivity contribution >= 4 is 11.6 Å². The number of anilines is 1. The van der Waals surface area contributed by atoms with Gasteiger partial charge in [0, 0.05) is 31.2 Å². The fourth-order valence-electron chi connectivity index (χ4n) is 3.72. The largest absolute Gasteiger partial charge is 0.311 e. The van der Waals surface area contributed by atoms with Crippen LogP contribution in [0, 0.1) is 11.8 Å². The van der Waals surface area contributed by atoms with Crippen molar-refractivity contribution in [3.63, 3.8) is 0 Å². The lowest BCUT2D eigenvalue weighted by Gasteiger charge is -2.32. The zero-order valence-electron chi connectivity index (χ0n) is 13.0. The number of fused-ring (bicyclic) bond motifs is 1. The molecule has 0 spiro atoms. The molecule has 1 N–H and O–H groups in total. The van der Waals surface area contributed by atoms with Crippen LogP contribution in [0.25, 0.3) is 0 Å². The predicted molar refractivity (Wildman–Crippen MR) is 86.2 cm³/mol. The van der Waals surface area contributed by atoms with Crippen molar-refractivity contribution in [2.75, 3.05) is 18.0 Å². The van der Waals surface area contributed by atoms with Crippen molar-refractivity contribution < 1.29 is 4.79 Å². The van der Waals surface area contributed by atoms with Crippen molar-refractivity contribution in [2.24, 2.45) is 11.8 Å². The molecule has 1 aliphatic heterocycles. The molecular weight excluding hydrogens is 260 g/mol. The first-order chi connectivity index (χ1) is 10.3. The lowest BCUT2D eigenvalue weighted by molar-refractivity contribution is -0.123. The second-order valence-electron chi connectivity index (χ2n) is 6.42. The van der Waals surface area contributed by atoms with Crippen LogP contribution in [0.4, 0.5) is 5.69 Å². The van der Waals surface area contributed by atoms with Gasteiger partial charge < -0.3 is 10.2 Å². The molecule has 0 bridgehead atoms. The van der Waals surface area contributed by atoms with Gasteiger partial charge in [0.2, 0.25) is 5.91 Å². The third-order valence-corrected chi connectivity index (χ3v) is 5.15. The number of carbonyl (C=O) groups is 1. The van der Waals surface area contributed by atoms with Gasteiger partial charge in [0.1, 0.15) is 0 Å². The molecule has 2 aliphatic rings. The van der Waals surface area contributed by atoms with Crippen molar-refractivity contribution in [1.29, 1.82) is 0 Å². The van der Waals surface area contributed by atoms with Gasteiger partial charge in [0.25, 0.3) is 0 Å². The van der Waals surface area contributed by atoms with Crippen molar-refractivity contribution in [2.45, 2.75) is 45.6 Å². The topological polar surface area (TPSA) is 32.3 Å². The van der Waals surface area contributed by atoms with E-state index in [1.54, 1.807) is 0 Å². The van der Waals surface area contributed by atoms with Gasteiger partial charge in [-0.1, -0.05) is 31.5 Å². The van der Waals surface area contributed by atoms with Gasteiger partial charge >= 0.3 is 0 Å². The van der Waals surface area contributed by atoms with E-state index in [2.05, 4.69) is 30.4 Å². The van der Waals surface area contributed by atoms with Crippen molar-refractivity contribution in [3.8, 4) is 0 Å². The summed E-state index contributed by atoms with van der Waals surface area (Å²) in [6.45, 7) is 4.81. The van der Waals surface area contributed by atoms with E-state index >= 15 is 0 Å². The maximum Gasteiger partial charge on any atom is 0.230 e. The highest BCUT2D eigenvalue weighted by Gasteiger charge is 2.30. The molecule has 0 unspecified atom stereocenters. The number of hydrogen-bond donors (Lipinski definition) is 1. The summed E-state index contributed by atoms with van der Waals surface area (Å²) < 4.78 is 0. The molecule has 3 heteroatoms. The van der Waals surface area contributed by atoms with E-state index in [9.17, 15) is 4.79 Å². The summed E-state index contributed by atoms with van der Waals surface area (Å²) in [4.78, 5) is 15.0. The maximum atomic E-state index is 13.0. The zero-order valence-corrected chi connectivity index (χ0v) is 13.0. The summed E-state index contributed by atoms with van der Waals surface area (Å²) in [5, 5.41) is 3.41. The molecule has 0 radical (unpaired) electrons. The van der Waals surface area contributed by atoms with Crippen LogP contribution in [0.15, 0.2) is 24.3 Å². The third kappa shape index (κ3) is 3.13. The van der Waals surface area contributed by atoms with E-state index < -0.39 is 0 Å². The van der Waals surface area contributed by atoms with Crippen LogP contribution in [0.1, 0.15) is 44.6 Å². The molecule has 1 aromatic carbocycles. The van der Waals surface area contributed by atoms with Crippen LogP contribution < -0.4 is 10.2 Å².